The van der Waals surface area contributed by atoms with Crippen LogP contribution < -0.4 is 14.4 Å². The first-order valence-corrected chi connectivity index (χ1v) is 15.1. The smallest absolute Gasteiger partial charge is 0.475 e. The van der Waals surface area contributed by atoms with Gasteiger partial charge in [-0.25, -0.2) is 22.3 Å². The van der Waals surface area contributed by atoms with Gasteiger partial charge in [-0.1, -0.05) is 24.3 Å². The maximum Gasteiger partial charge on any atom is 0.490 e. The number of hydrogen-bond donors (Lipinski definition) is 3. The molecule has 2 aliphatic rings. The van der Waals surface area contributed by atoms with Gasteiger partial charge in [0.05, 0.1) is 18.1 Å². The lowest BCUT2D eigenvalue weighted by Gasteiger charge is -2.31. The van der Waals surface area contributed by atoms with Crippen molar-refractivity contribution in [2.75, 3.05) is 49.0 Å². The van der Waals surface area contributed by atoms with E-state index in [-0.39, 0.29) is 4.90 Å². The quantitative estimate of drug-likeness (QED) is 0.208. The lowest BCUT2D eigenvalue weighted by Crippen LogP contribution is -2.37. The van der Waals surface area contributed by atoms with Gasteiger partial charge in [0.25, 0.3) is 10.0 Å². The predicted octanol–water partition coefficient (Wildman–Crippen LogP) is 5.72. The minimum atomic E-state index is -5.08. The van der Waals surface area contributed by atoms with E-state index in [1.807, 2.05) is 36.4 Å². The van der Waals surface area contributed by atoms with E-state index < -0.39 is 34.3 Å². The van der Waals surface area contributed by atoms with E-state index in [4.69, 9.17) is 29.3 Å². The van der Waals surface area contributed by atoms with E-state index in [1.165, 1.54) is 4.31 Å². The molecule has 0 atom stereocenters. The minimum absolute atomic E-state index is 0.230. The largest absolute Gasteiger partial charge is 0.490 e. The van der Waals surface area contributed by atoms with Gasteiger partial charge in [0.2, 0.25) is 0 Å². The van der Waals surface area contributed by atoms with E-state index in [0.717, 1.165) is 51.5 Å². The molecule has 0 aromatic heterocycles. The Morgan fingerprint density at radius 3 is 1.66 bits per heavy atom. The summed E-state index contributed by atoms with van der Waals surface area (Å²) < 4.78 is 104. The lowest BCUT2D eigenvalue weighted by molar-refractivity contribution is -0.193. The molecule has 0 bridgehead atoms. The Labute approximate surface area is 265 Å². The van der Waals surface area contributed by atoms with E-state index in [0.29, 0.717) is 22.9 Å². The highest BCUT2D eigenvalue weighted by Gasteiger charge is 2.39. The molecule has 3 aromatic carbocycles. The number of carboxylic acids is 2. The number of nitrogens with one attached hydrogen (secondary N) is 1. The second kappa shape index (κ2) is 15.8. The van der Waals surface area contributed by atoms with Gasteiger partial charge in [-0.05, 0) is 61.5 Å². The zero-order chi connectivity index (χ0) is 34.8. The molecular formula is C29H29F6N3O8S. The highest BCUT2D eigenvalue weighted by molar-refractivity contribution is 7.93. The molecule has 0 amide bonds. The molecule has 11 nitrogen and oxygen atoms in total. The van der Waals surface area contributed by atoms with Crippen LogP contribution in [0.4, 0.5) is 43.4 Å². The number of hydrogen-bond acceptors (Lipinski definition) is 8. The van der Waals surface area contributed by atoms with Crippen molar-refractivity contribution in [3.05, 3.63) is 72.8 Å². The van der Waals surface area contributed by atoms with Crippen LogP contribution in [0.25, 0.3) is 0 Å². The number of fused-ring (bicyclic) bond motifs is 2. The minimum Gasteiger partial charge on any atom is -0.475 e. The van der Waals surface area contributed by atoms with Crippen molar-refractivity contribution in [2.45, 2.75) is 23.7 Å². The average molecular weight is 694 g/mol. The van der Waals surface area contributed by atoms with Crippen molar-refractivity contribution in [2.24, 2.45) is 0 Å². The second-order valence-corrected chi connectivity index (χ2v) is 11.5. The molecule has 0 unspecified atom stereocenters. The molecule has 0 saturated carbocycles. The first-order valence-electron chi connectivity index (χ1n) is 13.7. The zero-order valence-electron chi connectivity index (χ0n) is 24.3. The summed E-state index contributed by atoms with van der Waals surface area (Å²) in [5.41, 5.74) is 1.90. The van der Waals surface area contributed by atoms with Crippen LogP contribution in [-0.2, 0) is 24.3 Å². The summed E-state index contributed by atoms with van der Waals surface area (Å²) in [5.74, 6) is -4.49. The van der Waals surface area contributed by atoms with E-state index >= 15 is 0 Å². The van der Waals surface area contributed by atoms with Crippen LogP contribution in [0.15, 0.2) is 77.7 Å². The maximum atomic E-state index is 13.7. The number of para-hydroxylation sites is 4. The number of rotatable bonds is 7. The molecule has 1 fully saturated rings. The summed E-state index contributed by atoms with van der Waals surface area (Å²) in [6.45, 7) is 5.44. The highest BCUT2D eigenvalue weighted by Crippen LogP contribution is 2.48. The monoisotopic (exact) mass is 693 g/mol. The first kappa shape index (κ1) is 36.9. The molecule has 256 valence electrons. The number of halogens is 6. The number of aliphatic carboxylic acids is 2. The van der Waals surface area contributed by atoms with Crippen LogP contribution in [0.3, 0.4) is 0 Å². The first-order chi connectivity index (χ1) is 22.0. The molecule has 0 aliphatic carbocycles. The predicted molar refractivity (Wildman–Crippen MR) is 156 cm³/mol. The molecule has 2 heterocycles. The number of nitrogens with zero attached hydrogens (tertiary/aromatic N) is 2. The van der Waals surface area contributed by atoms with Crippen molar-refractivity contribution in [3.8, 4) is 11.5 Å². The molecule has 18 heteroatoms. The van der Waals surface area contributed by atoms with Gasteiger partial charge in [-0.2, -0.15) is 26.3 Å². The normalized spacial score (nSPS) is 14.6. The molecule has 2 aliphatic heterocycles. The van der Waals surface area contributed by atoms with Crippen LogP contribution in [0.2, 0.25) is 0 Å². The van der Waals surface area contributed by atoms with Gasteiger partial charge in [0.15, 0.2) is 11.5 Å². The molecule has 3 aromatic rings. The second-order valence-electron chi connectivity index (χ2n) is 9.67. The number of sulfonamides is 1. The molecule has 0 spiro atoms. The van der Waals surface area contributed by atoms with E-state index in [1.54, 1.807) is 36.4 Å². The van der Waals surface area contributed by atoms with Crippen LogP contribution in [-0.4, -0.2) is 87.2 Å². The molecule has 47 heavy (non-hydrogen) atoms. The van der Waals surface area contributed by atoms with Crippen molar-refractivity contribution in [1.29, 1.82) is 0 Å². The Hall–Kier alpha value is -4.55. The van der Waals surface area contributed by atoms with E-state index in [9.17, 15) is 34.8 Å². The third kappa shape index (κ3) is 10.5. The molecule has 3 N–H and O–H groups in total. The van der Waals surface area contributed by atoms with Gasteiger partial charge < -0.3 is 25.0 Å². The van der Waals surface area contributed by atoms with Crippen molar-refractivity contribution < 1.29 is 64.0 Å². The molecule has 1 saturated heterocycles. The van der Waals surface area contributed by atoms with Crippen molar-refractivity contribution in [3.63, 3.8) is 0 Å². The summed E-state index contributed by atoms with van der Waals surface area (Å²) in [7, 11) is -3.84. The molecule has 0 radical (unpaired) electrons. The number of ether oxygens (including phenoxy) is 2. The zero-order valence-corrected chi connectivity index (χ0v) is 25.1. The molecular weight excluding hydrogens is 664 g/mol. The van der Waals surface area contributed by atoms with Crippen molar-refractivity contribution >= 4 is 39.0 Å². The van der Waals surface area contributed by atoms with Gasteiger partial charge in [-0.15, -0.1) is 0 Å². The van der Waals surface area contributed by atoms with Gasteiger partial charge in [0, 0.05) is 25.3 Å². The van der Waals surface area contributed by atoms with Crippen LogP contribution in [0.1, 0.15) is 6.42 Å². The van der Waals surface area contributed by atoms with Crippen LogP contribution in [0.5, 0.6) is 11.5 Å². The van der Waals surface area contributed by atoms with E-state index in [2.05, 4.69) is 10.2 Å². The summed E-state index contributed by atoms with van der Waals surface area (Å²) in [5, 5.41) is 17.6. The third-order valence-electron chi connectivity index (χ3n) is 6.35. The summed E-state index contributed by atoms with van der Waals surface area (Å²) in [4.78, 5) is 20.4. The Morgan fingerprint density at radius 1 is 0.766 bits per heavy atom. The van der Waals surface area contributed by atoms with Crippen LogP contribution >= 0.6 is 0 Å². The van der Waals surface area contributed by atoms with Crippen LogP contribution in [0, 0.1) is 0 Å². The number of benzene rings is 3. The Balaban J connectivity index is 0.000000360. The Kier molecular flexibility index (Phi) is 12.4. The third-order valence-corrected chi connectivity index (χ3v) is 8.09. The highest BCUT2D eigenvalue weighted by atomic mass is 32.2. The lowest BCUT2D eigenvalue weighted by atomic mass is 10.2. The summed E-state index contributed by atoms with van der Waals surface area (Å²) >= 11 is 0. The fourth-order valence-electron chi connectivity index (χ4n) is 4.14. The van der Waals surface area contributed by atoms with Gasteiger partial charge >= 0.3 is 24.3 Å². The average Bonchev–Trinajstić information content (AvgIpc) is 3.02. The summed E-state index contributed by atoms with van der Waals surface area (Å²) in [6.07, 6.45) is -9.15. The summed E-state index contributed by atoms with van der Waals surface area (Å²) in [6, 6.07) is 21.3. The maximum absolute atomic E-state index is 13.7. The number of carbonyl (C=O) groups is 2. The number of carboxylic acid groups (broad SMARTS) is 2. The standard InChI is InChI=1S/C25H27N3O4S.2C2HF3O2/c29-33(30,28-22-6-1-3-8-24(22)32-25-9-4-2-7-23(25)28)21-12-10-20(11-13-21)26-14-5-15-27-16-18-31-19-17-27;2*3-2(4,5)1(6)7/h1-4,6-13,26H,5,14-19H2;2*(H,6,7). The van der Waals surface area contributed by atoms with Crippen molar-refractivity contribution in [1.82, 2.24) is 4.90 Å². The SMILES string of the molecule is O=C(O)C(F)(F)F.O=C(O)C(F)(F)F.O=S(=O)(c1ccc(NCCCN2CCOCC2)cc1)N1c2ccccc2Oc2ccccc21. The Bertz CT molecular complexity index is 1540. The number of morpholine rings is 1. The van der Waals surface area contributed by atoms with Gasteiger partial charge in [0.1, 0.15) is 11.4 Å². The number of alkyl halides is 6. The van der Waals surface area contributed by atoms with Gasteiger partial charge in [-0.3, -0.25) is 4.90 Å². The fourth-order valence-corrected chi connectivity index (χ4v) is 5.65. The fraction of sp³-hybridized carbons (Fsp3) is 0.310. The number of anilines is 3. The molecule has 5 rings (SSSR count). The topological polar surface area (TPSA) is 146 Å². The Morgan fingerprint density at radius 2 is 1.21 bits per heavy atom.